The lowest BCUT2D eigenvalue weighted by Gasteiger charge is -2.26. The summed E-state index contributed by atoms with van der Waals surface area (Å²) in [7, 11) is 0. The number of nitrogens with zero attached hydrogens (tertiary/aromatic N) is 1. The summed E-state index contributed by atoms with van der Waals surface area (Å²) < 4.78 is 0. The first kappa shape index (κ1) is 14.1. The molecule has 2 fully saturated rings. The zero-order valence-corrected chi connectivity index (χ0v) is 11.2. The molecular weight excluding hydrogens is 246 g/mol. The highest BCUT2D eigenvalue weighted by molar-refractivity contribution is 5.83. The van der Waals surface area contributed by atoms with Crippen LogP contribution in [0.3, 0.4) is 0 Å². The fourth-order valence-corrected chi connectivity index (χ4v) is 2.51. The molecule has 3 N–H and O–H groups in total. The lowest BCUT2D eigenvalue weighted by atomic mass is 10.1. The van der Waals surface area contributed by atoms with E-state index >= 15 is 0 Å². The third-order valence-corrected chi connectivity index (χ3v) is 3.81. The highest BCUT2D eigenvalue weighted by Gasteiger charge is 2.37. The molecule has 0 aromatic rings. The number of carbonyl (C=O) groups is 2. The normalized spacial score (nSPS) is 21.7. The molecule has 6 nitrogen and oxygen atoms in total. The first-order valence-electron chi connectivity index (χ1n) is 7.16. The zero-order valence-electron chi connectivity index (χ0n) is 11.2. The molecule has 19 heavy (non-hydrogen) atoms. The average molecular weight is 269 g/mol. The molecule has 0 spiro atoms. The Hall–Kier alpha value is -1.30. The Labute approximate surface area is 113 Å². The van der Waals surface area contributed by atoms with Gasteiger partial charge in [-0.3, -0.25) is 0 Å². The Morgan fingerprint density at radius 1 is 1.21 bits per heavy atom. The summed E-state index contributed by atoms with van der Waals surface area (Å²) in [5.41, 5.74) is 0. The molecule has 2 rings (SSSR count). The lowest BCUT2D eigenvalue weighted by Crippen LogP contribution is -2.48. The van der Waals surface area contributed by atoms with Crippen LogP contribution >= 0.6 is 0 Å². The van der Waals surface area contributed by atoms with Crippen molar-refractivity contribution in [1.82, 2.24) is 15.5 Å². The van der Waals surface area contributed by atoms with E-state index in [2.05, 4.69) is 15.5 Å². The Morgan fingerprint density at radius 2 is 1.89 bits per heavy atom. The van der Waals surface area contributed by atoms with Gasteiger partial charge in [0.25, 0.3) is 0 Å². The molecule has 1 unspecified atom stereocenters. The molecule has 1 saturated heterocycles. The highest BCUT2D eigenvalue weighted by Crippen LogP contribution is 2.32. The molecule has 6 heteroatoms. The first-order valence-corrected chi connectivity index (χ1v) is 7.16. The van der Waals surface area contributed by atoms with Gasteiger partial charge in [0.2, 0.25) is 0 Å². The van der Waals surface area contributed by atoms with E-state index in [9.17, 15) is 9.59 Å². The van der Waals surface area contributed by atoms with Crippen LogP contribution in [0.5, 0.6) is 0 Å². The van der Waals surface area contributed by atoms with Crippen LogP contribution in [-0.2, 0) is 4.79 Å². The average Bonchev–Trinajstić information content (AvgIpc) is 3.21. The molecule has 108 valence electrons. The van der Waals surface area contributed by atoms with Crippen molar-refractivity contribution in [2.24, 2.45) is 5.92 Å². The van der Waals surface area contributed by atoms with Crippen LogP contribution < -0.4 is 10.6 Å². The molecule has 0 bridgehead atoms. The Kier molecular flexibility index (Phi) is 5.01. The molecule has 1 atom stereocenters. The van der Waals surface area contributed by atoms with Crippen molar-refractivity contribution in [1.29, 1.82) is 0 Å². The smallest absolute Gasteiger partial charge is 0.326 e. The number of carbonyl (C=O) groups excluding carboxylic acids is 1. The fraction of sp³-hybridized carbons (Fsp3) is 0.846. The summed E-state index contributed by atoms with van der Waals surface area (Å²) in [4.78, 5) is 24.9. The third kappa shape index (κ3) is 4.70. The number of amides is 2. The first-order chi connectivity index (χ1) is 9.16. The maximum atomic E-state index is 11.6. The molecule has 1 heterocycles. The maximum Gasteiger partial charge on any atom is 0.326 e. The fourth-order valence-electron chi connectivity index (χ4n) is 2.51. The Morgan fingerprint density at radius 3 is 2.47 bits per heavy atom. The second kappa shape index (κ2) is 6.75. The summed E-state index contributed by atoms with van der Waals surface area (Å²) >= 11 is 0. The van der Waals surface area contributed by atoms with Gasteiger partial charge in [0, 0.05) is 13.1 Å². The number of piperidine rings is 1. The van der Waals surface area contributed by atoms with Gasteiger partial charge in [0.05, 0.1) is 0 Å². The summed E-state index contributed by atoms with van der Waals surface area (Å²) in [6.45, 7) is 3.61. The van der Waals surface area contributed by atoms with Gasteiger partial charge in [0.15, 0.2) is 0 Å². The standard InChI is InChI=1S/C13H23N3O3/c17-12(18)11(10-4-5-10)15-13(19)14-6-9-16-7-2-1-3-8-16/h10-11H,1-9H2,(H,17,18)(H2,14,15,19). The van der Waals surface area contributed by atoms with E-state index in [0.29, 0.717) is 6.54 Å². The number of carboxylic acid groups (broad SMARTS) is 1. The summed E-state index contributed by atoms with van der Waals surface area (Å²) in [5.74, 6) is -0.820. The summed E-state index contributed by atoms with van der Waals surface area (Å²) in [6, 6.07) is -1.09. The molecule has 0 aromatic heterocycles. The van der Waals surface area contributed by atoms with E-state index < -0.39 is 12.0 Å². The number of rotatable bonds is 6. The summed E-state index contributed by atoms with van der Waals surface area (Å²) in [5, 5.41) is 14.3. The van der Waals surface area contributed by atoms with E-state index in [1.54, 1.807) is 0 Å². The number of hydrogen-bond donors (Lipinski definition) is 3. The summed E-state index contributed by atoms with van der Waals surface area (Å²) in [6.07, 6.45) is 5.55. The van der Waals surface area contributed by atoms with Gasteiger partial charge >= 0.3 is 12.0 Å². The van der Waals surface area contributed by atoms with Crippen molar-refractivity contribution >= 4 is 12.0 Å². The number of hydrogen-bond acceptors (Lipinski definition) is 3. The number of likely N-dealkylation sites (tertiary alicyclic amines) is 1. The van der Waals surface area contributed by atoms with Gasteiger partial charge in [-0.05, 0) is 44.7 Å². The highest BCUT2D eigenvalue weighted by atomic mass is 16.4. The van der Waals surface area contributed by atoms with Gasteiger partial charge in [-0.1, -0.05) is 6.42 Å². The Bertz CT molecular complexity index is 325. The minimum absolute atomic E-state index is 0.116. The Balaban J connectivity index is 1.62. The SMILES string of the molecule is O=C(NCCN1CCCCC1)NC(C(=O)O)C1CC1. The molecule has 0 aromatic carbocycles. The van der Waals surface area contributed by atoms with Crippen molar-refractivity contribution < 1.29 is 14.7 Å². The largest absolute Gasteiger partial charge is 0.480 e. The molecule has 1 saturated carbocycles. The van der Waals surface area contributed by atoms with Crippen LogP contribution in [0.2, 0.25) is 0 Å². The molecule has 2 amide bonds. The molecule has 1 aliphatic carbocycles. The van der Waals surface area contributed by atoms with Crippen LogP contribution in [0.1, 0.15) is 32.1 Å². The van der Waals surface area contributed by atoms with Gasteiger partial charge in [0.1, 0.15) is 6.04 Å². The lowest BCUT2D eigenvalue weighted by molar-refractivity contribution is -0.139. The number of urea groups is 1. The van der Waals surface area contributed by atoms with Crippen LogP contribution in [0.4, 0.5) is 4.79 Å². The topological polar surface area (TPSA) is 81.7 Å². The van der Waals surface area contributed by atoms with Crippen molar-refractivity contribution in [2.75, 3.05) is 26.2 Å². The van der Waals surface area contributed by atoms with Crippen molar-refractivity contribution in [3.63, 3.8) is 0 Å². The van der Waals surface area contributed by atoms with Crippen LogP contribution in [-0.4, -0.2) is 54.2 Å². The van der Waals surface area contributed by atoms with Gasteiger partial charge in [-0.2, -0.15) is 0 Å². The predicted octanol–water partition coefficient (Wildman–Crippen LogP) is 0.635. The second-order valence-electron chi connectivity index (χ2n) is 5.46. The number of carboxylic acids is 1. The van der Waals surface area contributed by atoms with E-state index in [1.165, 1.54) is 19.3 Å². The monoisotopic (exact) mass is 269 g/mol. The van der Waals surface area contributed by atoms with E-state index in [4.69, 9.17) is 5.11 Å². The van der Waals surface area contributed by atoms with E-state index in [-0.39, 0.29) is 11.9 Å². The van der Waals surface area contributed by atoms with E-state index in [1.807, 2.05) is 0 Å². The second-order valence-corrected chi connectivity index (χ2v) is 5.46. The van der Waals surface area contributed by atoms with Gasteiger partial charge < -0.3 is 20.6 Å². The van der Waals surface area contributed by atoms with Crippen molar-refractivity contribution in [3.05, 3.63) is 0 Å². The number of aliphatic carboxylic acids is 1. The number of nitrogens with one attached hydrogen (secondary N) is 2. The van der Waals surface area contributed by atoms with Gasteiger partial charge in [-0.25, -0.2) is 9.59 Å². The molecule has 2 aliphatic rings. The van der Waals surface area contributed by atoms with Crippen LogP contribution in [0.25, 0.3) is 0 Å². The van der Waals surface area contributed by atoms with Gasteiger partial charge in [-0.15, -0.1) is 0 Å². The molecule has 1 aliphatic heterocycles. The molecule has 0 radical (unpaired) electrons. The minimum atomic E-state index is -0.936. The predicted molar refractivity (Wildman–Crippen MR) is 71.0 cm³/mol. The molecular formula is C13H23N3O3. The zero-order chi connectivity index (χ0) is 13.7. The van der Waals surface area contributed by atoms with Crippen molar-refractivity contribution in [2.45, 2.75) is 38.1 Å². The van der Waals surface area contributed by atoms with E-state index in [0.717, 1.165) is 32.5 Å². The quantitative estimate of drug-likeness (QED) is 0.661. The van der Waals surface area contributed by atoms with Crippen LogP contribution in [0.15, 0.2) is 0 Å². The minimum Gasteiger partial charge on any atom is -0.480 e. The third-order valence-electron chi connectivity index (χ3n) is 3.81. The maximum absolute atomic E-state index is 11.6. The van der Waals surface area contributed by atoms with Crippen LogP contribution in [0, 0.1) is 5.92 Å². The van der Waals surface area contributed by atoms with Crippen molar-refractivity contribution in [3.8, 4) is 0 Å².